The summed E-state index contributed by atoms with van der Waals surface area (Å²) in [6, 6.07) is 12.3. The van der Waals surface area contributed by atoms with E-state index in [-0.39, 0.29) is 24.8 Å². The molecule has 10 heteroatoms. The predicted molar refractivity (Wildman–Crippen MR) is 134 cm³/mol. The Hall–Kier alpha value is -4.18. The summed E-state index contributed by atoms with van der Waals surface area (Å²) in [7, 11) is 0. The molecule has 192 valence electrons. The highest BCUT2D eigenvalue weighted by Gasteiger charge is 2.45. The zero-order valence-corrected chi connectivity index (χ0v) is 20.4. The van der Waals surface area contributed by atoms with Gasteiger partial charge in [-0.1, -0.05) is 0 Å². The third-order valence-corrected chi connectivity index (χ3v) is 6.80. The number of hydrogen-bond acceptors (Lipinski definition) is 7. The van der Waals surface area contributed by atoms with Gasteiger partial charge in [0.25, 0.3) is 5.91 Å². The number of benzene rings is 2. The summed E-state index contributed by atoms with van der Waals surface area (Å²) < 4.78 is 25.0. The second-order valence-electron chi connectivity index (χ2n) is 9.67. The van der Waals surface area contributed by atoms with E-state index in [1.807, 2.05) is 0 Å². The van der Waals surface area contributed by atoms with Crippen LogP contribution in [0, 0.1) is 5.82 Å². The number of nitrogens with two attached hydrogens (primary N) is 1. The number of fused-ring (bicyclic) bond motifs is 2. The van der Waals surface area contributed by atoms with Crippen LogP contribution >= 0.6 is 0 Å². The molecule has 37 heavy (non-hydrogen) atoms. The van der Waals surface area contributed by atoms with Crippen molar-refractivity contribution >= 4 is 17.5 Å². The molecule has 2 aromatic carbocycles. The molecule has 5 rings (SSSR count). The number of hydrogen-bond donors (Lipinski definition) is 4. The molecule has 0 bridgehead atoms. The molecule has 2 atom stereocenters. The highest BCUT2D eigenvalue weighted by molar-refractivity contribution is 5.95. The number of aromatic nitrogens is 1. The topological polar surface area (TPSA) is 136 Å². The first kappa shape index (κ1) is 24.5. The van der Waals surface area contributed by atoms with Crippen molar-refractivity contribution in [2.75, 3.05) is 31.6 Å². The van der Waals surface area contributed by atoms with E-state index in [1.54, 1.807) is 31.2 Å². The Kier molecular flexibility index (Phi) is 5.99. The summed E-state index contributed by atoms with van der Waals surface area (Å²) in [5.74, 6) is -0.379. The molecule has 0 radical (unpaired) electrons. The summed E-state index contributed by atoms with van der Waals surface area (Å²) in [6.45, 7) is 4.19. The molecule has 9 nitrogen and oxygen atoms in total. The lowest BCUT2D eigenvalue weighted by atomic mass is 9.82. The Labute approximate surface area is 212 Å². The number of anilines is 1. The molecule has 0 saturated carbocycles. The third-order valence-electron chi connectivity index (χ3n) is 6.80. The fourth-order valence-electron chi connectivity index (χ4n) is 4.39. The van der Waals surface area contributed by atoms with Crippen LogP contribution in [-0.4, -0.2) is 48.2 Å². The summed E-state index contributed by atoms with van der Waals surface area (Å²) in [4.78, 5) is 29.9. The highest BCUT2D eigenvalue weighted by Crippen LogP contribution is 2.45. The van der Waals surface area contributed by atoms with Gasteiger partial charge in [-0.25, -0.2) is 9.37 Å². The number of carbonyl (C=O) groups excluding carboxylic acids is 2. The molecule has 2 aliphatic rings. The first-order valence-corrected chi connectivity index (χ1v) is 11.8. The van der Waals surface area contributed by atoms with Crippen molar-refractivity contribution < 1.29 is 28.6 Å². The van der Waals surface area contributed by atoms with E-state index >= 15 is 0 Å². The second-order valence-corrected chi connectivity index (χ2v) is 9.67. The Morgan fingerprint density at radius 3 is 2.70 bits per heavy atom. The Morgan fingerprint density at radius 2 is 1.97 bits per heavy atom. The van der Waals surface area contributed by atoms with Crippen molar-refractivity contribution in [1.82, 2.24) is 10.3 Å². The van der Waals surface area contributed by atoms with Crippen LogP contribution in [0.2, 0.25) is 0 Å². The van der Waals surface area contributed by atoms with Crippen LogP contribution in [-0.2, 0) is 15.8 Å². The lowest BCUT2D eigenvalue weighted by molar-refractivity contribution is -0.123. The fraction of sp³-hybridized carbons (Fsp3) is 0.296. The number of ether oxygens (including phenoxy) is 2. The largest absolute Gasteiger partial charge is 0.490 e. The number of pyridine rings is 1. The summed E-state index contributed by atoms with van der Waals surface area (Å²) in [5, 5.41) is 17.3. The van der Waals surface area contributed by atoms with E-state index in [9.17, 15) is 19.1 Å². The van der Waals surface area contributed by atoms with E-state index in [1.165, 1.54) is 31.2 Å². The van der Waals surface area contributed by atoms with Crippen molar-refractivity contribution in [3.8, 4) is 22.8 Å². The SMILES string of the molecule is C[C@](O)(CNC(=O)c1ccc2c(c1)NCCO2)c1cc2c(c(-c3ccc(F)cc3)n1)OC[C@]2(C)C(N)=O. The predicted octanol–water partition coefficient (Wildman–Crippen LogP) is 2.46. The molecule has 0 aliphatic carbocycles. The standard InChI is InChI=1S/C27H27FN4O5/c1-26(25(29)34)14-37-23-18(26)12-21(32-22(23)15-3-6-17(28)7-4-15)27(2,35)13-31-24(33)16-5-8-20-19(11-16)30-9-10-36-20/h3-8,11-12,30,35H,9-10,13-14H2,1-2H3,(H2,29,34)(H,31,33)/t26-,27-/m0/s1. The summed E-state index contributed by atoms with van der Waals surface area (Å²) in [5.41, 5.74) is 5.59. The van der Waals surface area contributed by atoms with Crippen molar-refractivity contribution in [1.29, 1.82) is 0 Å². The maximum Gasteiger partial charge on any atom is 0.251 e. The van der Waals surface area contributed by atoms with E-state index in [2.05, 4.69) is 15.6 Å². The van der Waals surface area contributed by atoms with Gasteiger partial charge in [0.15, 0.2) is 0 Å². The van der Waals surface area contributed by atoms with Gasteiger partial charge in [0.2, 0.25) is 5.91 Å². The first-order valence-electron chi connectivity index (χ1n) is 11.8. The van der Waals surface area contributed by atoms with Gasteiger partial charge in [-0.3, -0.25) is 9.59 Å². The minimum absolute atomic E-state index is 0.00590. The van der Waals surface area contributed by atoms with Gasteiger partial charge in [0.1, 0.15) is 47.2 Å². The number of aliphatic hydroxyl groups is 1. The lowest BCUT2D eigenvalue weighted by Crippen LogP contribution is -2.41. The molecule has 1 aromatic heterocycles. The van der Waals surface area contributed by atoms with Crippen LogP contribution in [0.25, 0.3) is 11.3 Å². The molecule has 3 aromatic rings. The van der Waals surface area contributed by atoms with Gasteiger partial charge in [0.05, 0.1) is 17.9 Å². The Morgan fingerprint density at radius 1 is 1.22 bits per heavy atom. The molecule has 0 saturated heterocycles. The van der Waals surface area contributed by atoms with E-state index < -0.39 is 22.7 Å². The fourth-order valence-corrected chi connectivity index (χ4v) is 4.39. The summed E-state index contributed by atoms with van der Waals surface area (Å²) in [6.07, 6.45) is 0. The zero-order chi connectivity index (χ0) is 26.4. The average molecular weight is 507 g/mol. The van der Waals surface area contributed by atoms with Crippen LogP contribution < -0.4 is 25.8 Å². The molecular formula is C27H27FN4O5. The number of primary amides is 1. The molecule has 0 spiro atoms. The van der Waals surface area contributed by atoms with E-state index in [4.69, 9.17) is 15.2 Å². The molecule has 3 heterocycles. The number of amides is 2. The van der Waals surface area contributed by atoms with Crippen molar-refractivity contribution in [2.24, 2.45) is 5.73 Å². The third kappa shape index (κ3) is 4.44. The number of nitrogens with zero attached hydrogens (tertiary/aromatic N) is 1. The maximum absolute atomic E-state index is 13.6. The zero-order valence-electron chi connectivity index (χ0n) is 20.4. The number of rotatable bonds is 6. The molecule has 0 fully saturated rings. The van der Waals surface area contributed by atoms with Crippen LogP contribution in [0.3, 0.4) is 0 Å². The normalized spacial score (nSPS) is 19.4. The van der Waals surface area contributed by atoms with E-state index in [0.29, 0.717) is 47.0 Å². The smallest absolute Gasteiger partial charge is 0.251 e. The number of carbonyl (C=O) groups is 2. The second kappa shape index (κ2) is 9.04. The van der Waals surface area contributed by atoms with Crippen molar-refractivity contribution in [3.63, 3.8) is 0 Å². The van der Waals surface area contributed by atoms with E-state index in [0.717, 1.165) is 5.69 Å². The highest BCUT2D eigenvalue weighted by atomic mass is 19.1. The lowest BCUT2D eigenvalue weighted by Gasteiger charge is -2.26. The summed E-state index contributed by atoms with van der Waals surface area (Å²) >= 11 is 0. The molecule has 5 N–H and O–H groups in total. The van der Waals surface area contributed by atoms with Crippen molar-refractivity contribution in [2.45, 2.75) is 24.9 Å². The van der Waals surface area contributed by atoms with Crippen LogP contribution in [0.1, 0.15) is 35.5 Å². The molecule has 2 amide bonds. The number of halogens is 1. The van der Waals surface area contributed by atoms with Gasteiger partial charge in [0, 0.05) is 23.2 Å². The maximum atomic E-state index is 13.6. The van der Waals surface area contributed by atoms with Crippen LogP contribution in [0.15, 0.2) is 48.5 Å². The minimum atomic E-state index is -1.63. The van der Waals surface area contributed by atoms with Gasteiger partial charge in [-0.2, -0.15) is 0 Å². The molecule has 0 unspecified atom stereocenters. The average Bonchev–Trinajstić information content (AvgIpc) is 3.25. The van der Waals surface area contributed by atoms with Gasteiger partial charge in [-0.05, 0) is 62.4 Å². The van der Waals surface area contributed by atoms with Crippen LogP contribution in [0.4, 0.5) is 10.1 Å². The van der Waals surface area contributed by atoms with Gasteiger partial charge in [-0.15, -0.1) is 0 Å². The van der Waals surface area contributed by atoms with Crippen molar-refractivity contribution in [3.05, 3.63) is 71.2 Å². The number of nitrogens with one attached hydrogen (secondary N) is 2. The Bertz CT molecular complexity index is 1390. The Balaban J connectivity index is 1.47. The van der Waals surface area contributed by atoms with Crippen LogP contribution in [0.5, 0.6) is 11.5 Å². The van der Waals surface area contributed by atoms with Gasteiger partial charge >= 0.3 is 0 Å². The molecular weight excluding hydrogens is 479 g/mol. The molecule has 2 aliphatic heterocycles. The minimum Gasteiger partial charge on any atom is -0.490 e. The first-order chi connectivity index (χ1) is 17.6. The monoisotopic (exact) mass is 506 g/mol. The van der Waals surface area contributed by atoms with Gasteiger partial charge < -0.3 is 30.9 Å². The quantitative estimate of drug-likeness (QED) is 0.403.